The van der Waals surface area contributed by atoms with Gasteiger partial charge in [-0.1, -0.05) is 47.0 Å². The fourth-order valence-electron chi connectivity index (χ4n) is 2.39. The lowest BCUT2D eigenvalue weighted by atomic mass is 10.2. The second kappa shape index (κ2) is 10.6. The van der Waals surface area contributed by atoms with Gasteiger partial charge in [-0.3, -0.25) is 9.59 Å². The van der Waals surface area contributed by atoms with Crippen LogP contribution in [0.5, 0.6) is 0 Å². The summed E-state index contributed by atoms with van der Waals surface area (Å²) in [6, 6.07) is 13.2. The van der Waals surface area contributed by atoms with Crippen molar-refractivity contribution in [2.75, 3.05) is 24.2 Å². The summed E-state index contributed by atoms with van der Waals surface area (Å²) in [7, 11) is 0. The lowest BCUT2D eigenvalue weighted by molar-refractivity contribution is -0.134. The normalized spacial score (nSPS) is 10.5. The fourth-order valence-corrected chi connectivity index (χ4v) is 3.73. The first-order valence-corrected chi connectivity index (χ1v) is 10.4. The molecule has 2 amide bonds. The number of likely N-dealkylation sites (N-methyl/N-ethyl adjacent to an activating group) is 1. The van der Waals surface area contributed by atoms with E-state index in [1.807, 2.05) is 38.1 Å². The van der Waals surface area contributed by atoms with E-state index in [-0.39, 0.29) is 18.4 Å². The predicted molar refractivity (Wildman–Crippen MR) is 114 cm³/mol. The van der Waals surface area contributed by atoms with E-state index in [1.165, 1.54) is 10.5 Å². The minimum absolute atomic E-state index is 0.0356. The number of carbonyl (C=O) groups excluding carboxylic acids is 2. The molecule has 0 unspecified atom stereocenters. The number of halogens is 2. The molecule has 0 saturated heterocycles. The van der Waals surface area contributed by atoms with Crippen LogP contribution in [0.4, 0.5) is 5.69 Å². The van der Waals surface area contributed by atoms with Crippen molar-refractivity contribution in [1.29, 1.82) is 0 Å². The number of nitrogens with one attached hydrogen (secondary N) is 1. The molecule has 0 aliphatic carbocycles. The van der Waals surface area contributed by atoms with Crippen molar-refractivity contribution in [1.82, 2.24) is 4.90 Å². The molecule has 0 aliphatic heterocycles. The van der Waals surface area contributed by atoms with Crippen LogP contribution in [0.25, 0.3) is 0 Å². The van der Waals surface area contributed by atoms with Crippen LogP contribution in [-0.4, -0.2) is 35.6 Å². The highest BCUT2D eigenvalue weighted by molar-refractivity contribution is 7.99. The average Bonchev–Trinajstić information content (AvgIpc) is 2.64. The molecular weight excluding hydrogens is 403 g/mol. The second-order valence-electron chi connectivity index (χ2n) is 5.96. The van der Waals surface area contributed by atoms with E-state index in [4.69, 9.17) is 23.2 Å². The van der Waals surface area contributed by atoms with Crippen LogP contribution in [-0.2, 0) is 9.59 Å². The van der Waals surface area contributed by atoms with E-state index in [9.17, 15) is 9.59 Å². The maximum absolute atomic E-state index is 12.4. The van der Waals surface area contributed by atoms with E-state index < -0.39 is 0 Å². The van der Waals surface area contributed by atoms with Crippen molar-refractivity contribution >= 4 is 52.5 Å². The molecule has 144 valence electrons. The summed E-state index contributed by atoms with van der Waals surface area (Å²) in [6.07, 6.45) is 0.368. The van der Waals surface area contributed by atoms with Crippen LogP contribution in [0.3, 0.4) is 0 Å². The van der Waals surface area contributed by atoms with Crippen LogP contribution < -0.4 is 5.32 Å². The molecule has 7 heteroatoms. The smallest absolute Gasteiger partial charge is 0.244 e. The molecule has 0 spiro atoms. The lowest BCUT2D eigenvalue weighted by Gasteiger charge is -2.20. The topological polar surface area (TPSA) is 49.4 Å². The van der Waals surface area contributed by atoms with Crippen LogP contribution in [0, 0.1) is 6.92 Å². The van der Waals surface area contributed by atoms with Gasteiger partial charge in [0, 0.05) is 23.6 Å². The second-order valence-corrected chi connectivity index (χ2v) is 7.95. The highest BCUT2D eigenvalue weighted by Crippen LogP contribution is 2.29. The first-order chi connectivity index (χ1) is 12.9. The minimum Gasteiger partial charge on any atom is -0.334 e. The maximum atomic E-state index is 12.4. The number of para-hydroxylation sites is 1. The summed E-state index contributed by atoms with van der Waals surface area (Å²) in [5.41, 5.74) is 1.57. The molecule has 4 nitrogen and oxygen atoms in total. The van der Waals surface area contributed by atoms with Crippen LogP contribution in [0.1, 0.15) is 18.9 Å². The number of benzene rings is 2. The number of hydrogen-bond acceptors (Lipinski definition) is 3. The molecule has 0 saturated carbocycles. The van der Waals surface area contributed by atoms with Crippen molar-refractivity contribution in [2.45, 2.75) is 25.2 Å². The van der Waals surface area contributed by atoms with Crippen molar-refractivity contribution < 1.29 is 9.59 Å². The zero-order valence-corrected chi connectivity index (χ0v) is 17.6. The van der Waals surface area contributed by atoms with Gasteiger partial charge in [-0.2, -0.15) is 0 Å². The number of amides is 2. The third-order valence-electron chi connectivity index (χ3n) is 3.90. The Kier molecular flexibility index (Phi) is 8.48. The fraction of sp³-hybridized carbons (Fsp3) is 0.300. The number of carbonyl (C=O) groups is 2. The number of hydrogen-bond donors (Lipinski definition) is 1. The van der Waals surface area contributed by atoms with Gasteiger partial charge >= 0.3 is 0 Å². The third kappa shape index (κ3) is 6.76. The first kappa shape index (κ1) is 21.6. The molecule has 0 aromatic heterocycles. The number of thioether (sulfide) groups is 1. The van der Waals surface area contributed by atoms with Crippen LogP contribution in [0.2, 0.25) is 10.0 Å². The summed E-state index contributed by atoms with van der Waals surface area (Å²) in [5.74, 6) is 0.278. The Labute approximate surface area is 174 Å². The van der Waals surface area contributed by atoms with Gasteiger partial charge in [0.05, 0.1) is 22.3 Å². The predicted octanol–water partition coefficient (Wildman–Crippen LogP) is 5.27. The van der Waals surface area contributed by atoms with Gasteiger partial charge in [0.1, 0.15) is 0 Å². The third-order valence-corrected chi connectivity index (χ3v) is 5.55. The quantitative estimate of drug-likeness (QED) is 0.586. The van der Waals surface area contributed by atoms with Gasteiger partial charge in [-0.25, -0.2) is 0 Å². The Morgan fingerprint density at radius 3 is 2.30 bits per heavy atom. The summed E-state index contributed by atoms with van der Waals surface area (Å²) < 4.78 is 0. The average molecular weight is 425 g/mol. The Hall–Kier alpha value is -1.69. The van der Waals surface area contributed by atoms with E-state index in [2.05, 4.69) is 5.32 Å². The molecule has 0 fully saturated rings. The number of nitrogens with zero attached hydrogens (tertiary/aromatic N) is 1. The van der Waals surface area contributed by atoms with E-state index in [0.29, 0.717) is 34.5 Å². The van der Waals surface area contributed by atoms with E-state index in [0.717, 1.165) is 4.90 Å². The van der Waals surface area contributed by atoms with Gasteiger partial charge in [0.2, 0.25) is 11.8 Å². The Bertz CT molecular complexity index is 777. The lowest BCUT2D eigenvalue weighted by Crippen LogP contribution is -2.38. The standard InChI is InChI=1S/C20H22Cl2N2O2S/c1-3-24(13-18(25)23-20-16(21)5-4-6-17(20)22)19(26)11-12-27-15-9-7-14(2)8-10-15/h4-10H,3,11-13H2,1-2H3,(H,23,25). The van der Waals surface area contributed by atoms with E-state index in [1.54, 1.807) is 30.0 Å². The summed E-state index contributed by atoms with van der Waals surface area (Å²) in [5, 5.41) is 3.41. The summed E-state index contributed by atoms with van der Waals surface area (Å²) in [4.78, 5) is 27.4. The number of rotatable bonds is 8. The van der Waals surface area contributed by atoms with Crippen LogP contribution in [0.15, 0.2) is 47.4 Å². The number of anilines is 1. The van der Waals surface area contributed by atoms with E-state index >= 15 is 0 Å². The van der Waals surface area contributed by atoms with Gasteiger partial charge in [-0.15, -0.1) is 11.8 Å². The molecule has 2 aromatic rings. The highest BCUT2D eigenvalue weighted by Gasteiger charge is 2.17. The van der Waals surface area contributed by atoms with Crippen molar-refractivity contribution in [3.05, 3.63) is 58.1 Å². The molecule has 0 bridgehead atoms. The summed E-state index contributed by atoms with van der Waals surface area (Å²) in [6.45, 7) is 4.31. The molecule has 2 aromatic carbocycles. The van der Waals surface area contributed by atoms with Gasteiger partial charge in [-0.05, 0) is 38.1 Å². The van der Waals surface area contributed by atoms with Crippen molar-refractivity contribution in [3.8, 4) is 0 Å². The Balaban J connectivity index is 1.85. The zero-order valence-electron chi connectivity index (χ0n) is 15.3. The molecule has 0 atom stereocenters. The molecule has 27 heavy (non-hydrogen) atoms. The van der Waals surface area contributed by atoms with Crippen LogP contribution >= 0.6 is 35.0 Å². The Morgan fingerprint density at radius 2 is 1.70 bits per heavy atom. The zero-order chi connectivity index (χ0) is 19.8. The first-order valence-electron chi connectivity index (χ1n) is 8.61. The minimum atomic E-state index is -0.327. The molecular formula is C20H22Cl2N2O2S. The molecule has 0 aliphatic rings. The van der Waals surface area contributed by atoms with Crippen molar-refractivity contribution in [2.24, 2.45) is 0 Å². The summed E-state index contributed by atoms with van der Waals surface area (Å²) >= 11 is 13.7. The van der Waals surface area contributed by atoms with Crippen molar-refractivity contribution in [3.63, 3.8) is 0 Å². The number of aryl methyl sites for hydroxylation is 1. The highest BCUT2D eigenvalue weighted by atomic mass is 35.5. The van der Waals surface area contributed by atoms with Gasteiger partial charge in [0.25, 0.3) is 0 Å². The molecule has 0 heterocycles. The Morgan fingerprint density at radius 1 is 1.07 bits per heavy atom. The molecule has 0 radical (unpaired) electrons. The van der Waals surface area contributed by atoms with Gasteiger partial charge < -0.3 is 10.2 Å². The molecule has 2 rings (SSSR count). The largest absolute Gasteiger partial charge is 0.334 e. The van der Waals surface area contributed by atoms with Gasteiger partial charge in [0.15, 0.2) is 0 Å². The molecule has 1 N–H and O–H groups in total. The SMILES string of the molecule is CCN(CC(=O)Nc1c(Cl)cccc1Cl)C(=O)CCSc1ccc(C)cc1. The maximum Gasteiger partial charge on any atom is 0.244 e. The monoisotopic (exact) mass is 424 g/mol.